The highest BCUT2D eigenvalue weighted by Crippen LogP contribution is 2.24. The molecule has 1 fully saturated rings. The average Bonchev–Trinajstić information content (AvgIpc) is 2.99. The number of amides is 1. The van der Waals surface area contributed by atoms with Crippen molar-refractivity contribution in [3.8, 4) is 0 Å². The van der Waals surface area contributed by atoms with E-state index in [1.54, 1.807) is 23.1 Å². The molecule has 0 saturated carbocycles. The summed E-state index contributed by atoms with van der Waals surface area (Å²) in [6.45, 7) is 3.63. The number of hydrogen-bond acceptors (Lipinski definition) is 4. The maximum absolute atomic E-state index is 14.4. The number of rotatable bonds is 5. The second-order valence-electron chi connectivity index (χ2n) is 6.50. The topological polar surface area (TPSA) is 70.4 Å². The van der Waals surface area contributed by atoms with E-state index in [2.05, 4.69) is 10.4 Å². The largest absolute Gasteiger partial charge is 0.393 e. The van der Waals surface area contributed by atoms with Crippen molar-refractivity contribution >= 4 is 11.6 Å². The number of anilines is 1. The average molecular weight is 346 g/mol. The zero-order valence-corrected chi connectivity index (χ0v) is 14.3. The van der Waals surface area contributed by atoms with Crippen LogP contribution in [0.25, 0.3) is 0 Å². The van der Waals surface area contributed by atoms with E-state index in [0.29, 0.717) is 37.2 Å². The Bertz CT molecular complexity index is 738. The maximum atomic E-state index is 14.4. The van der Waals surface area contributed by atoms with E-state index < -0.39 is 0 Å². The van der Waals surface area contributed by atoms with E-state index in [4.69, 9.17) is 0 Å². The summed E-state index contributed by atoms with van der Waals surface area (Å²) in [4.78, 5) is 13.9. The van der Waals surface area contributed by atoms with Crippen molar-refractivity contribution in [2.75, 3.05) is 18.0 Å². The predicted octanol–water partition coefficient (Wildman–Crippen LogP) is 1.61. The molecule has 1 saturated heterocycles. The van der Waals surface area contributed by atoms with Gasteiger partial charge in [0.1, 0.15) is 12.4 Å². The lowest BCUT2D eigenvalue weighted by atomic mass is 10.1. The van der Waals surface area contributed by atoms with Crippen LogP contribution < -0.4 is 10.2 Å². The summed E-state index contributed by atoms with van der Waals surface area (Å²) in [6.07, 6.45) is 4.52. The second kappa shape index (κ2) is 7.65. The van der Waals surface area contributed by atoms with Crippen LogP contribution in [0.3, 0.4) is 0 Å². The lowest BCUT2D eigenvalue weighted by Crippen LogP contribution is -2.36. The van der Waals surface area contributed by atoms with Crippen molar-refractivity contribution in [2.45, 2.75) is 39.0 Å². The van der Waals surface area contributed by atoms with Gasteiger partial charge in [0, 0.05) is 25.8 Å². The van der Waals surface area contributed by atoms with Gasteiger partial charge in [-0.2, -0.15) is 5.10 Å². The number of aliphatic hydroxyl groups is 1. The molecule has 1 aliphatic rings. The van der Waals surface area contributed by atoms with Gasteiger partial charge in [-0.15, -0.1) is 0 Å². The van der Waals surface area contributed by atoms with Crippen molar-refractivity contribution in [1.29, 1.82) is 0 Å². The predicted molar refractivity (Wildman–Crippen MR) is 92.7 cm³/mol. The van der Waals surface area contributed by atoms with Crippen LogP contribution in [0.2, 0.25) is 0 Å². The van der Waals surface area contributed by atoms with Gasteiger partial charge in [-0.3, -0.25) is 9.48 Å². The summed E-state index contributed by atoms with van der Waals surface area (Å²) in [7, 11) is 0. The molecule has 0 atom stereocenters. The van der Waals surface area contributed by atoms with Gasteiger partial charge in [0.25, 0.3) is 0 Å². The van der Waals surface area contributed by atoms with Crippen LogP contribution in [0, 0.1) is 12.7 Å². The zero-order valence-electron chi connectivity index (χ0n) is 14.3. The molecule has 2 heterocycles. The van der Waals surface area contributed by atoms with Gasteiger partial charge in [0.2, 0.25) is 5.91 Å². The first-order valence-corrected chi connectivity index (χ1v) is 8.48. The minimum atomic E-state index is -0.300. The molecule has 3 rings (SSSR count). The van der Waals surface area contributed by atoms with Crippen LogP contribution in [0.4, 0.5) is 10.1 Å². The fourth-order valence-electron chi connectivity index (χ4n) is 2.98. The molecule has 0 spiro atoms. The quantitative estimate of drug-likeness (QED) is 0.863. The summed E-state index contributed by atoms with van der Waals surface area (Å²) < 4.78 is 15.9. The first kappa shape index (κ1) is 17.4. The van der Waals surface area contributed by atoms with E-state index >= 15 is 0 Å². The van der Waals surface area contributed by atoms with Gasteiger partial charge >= 0.3 is 0 Å². The molecule has 2 N–H and O–H groups in total. The number of aliphatic hydroxyl groups excluding tert-OH is 1. The second-order valence-corrected chi connectivity index (χ2v) is 6.50. The highest BCUT2D eigenvalue weighted by molar-refractivity contribution is 5.75. The standard InChI is InChI=1S/C18H23FN4O2/c1-13-9-21-23(11-13)12-18(25)20-10-14-2-3-17(16(19)8-14)22-6-4-15(24)5-7-22/h2-3,8-9,11,15,24H,4-7,10,12H2,1H3,(H,20,25). The molecule has 0 aliphatic carbocycles. The van der Waals surface area contributed by atoms with Crippen LogP contribution in [0.1, 0.15) is 24.0 Å². The van der Waals surface area contributed by atoms with E-state index in [1.807, 2.05) is 17.9 Å². The number of hydrogen-bond donors (Lipinski definition) is 2. The summed E-state index contributed by atoms with van der Waals surface area (Å²) in [6, 6.07) is 5.02. The molecular weight excluding hydrogens is 323 g/mol. The minimum Gasteiger partial charge on any atom is -0.393 e. The molecule has 0 unspecified atom stereocenters. The van der Waals surface area contributed by atoms with E-state index in [-0.39, 0.29) is 30.9 Å². The summed E-state index contributed by atoms with van der Waals surface area (Å²) in [5.74, 6) is -0.469. The van der Waals surface area contributed by atoms with Crippen molar-refractivity contribution < 1.29 is 14.3 Å². The lowest BCUT2D eigenvalue weighted by molar-refractivity contribution is -0.122. The highest BCUT2D eigenvalue weighted by Gasteiger charge is 2.19. The molecule has 0 radical (unpaired) electrons. The Morgan fingerprint density at radius 2 is 2.16 bits per heavy atom. The number of piperidine rings is 1. The van der Waals surface area contributed by atoms with Gasteiger partial charge in [0.15, 0.2) is 0 Å². The number of carbonyl (C=O) groups is 1. The summed E-state index contributed by atoms with van der Waals surface area (Å²) in [5.41, 5.74) is 2.26. The summed E-state index contributed by atoms with van der Waals surface area (Å²) in [5, 5.41) is 16.4. The number of halogens is 1. The Morgan fingerprint density at radius 3 is 2.80 bits per heavy atom. The number of benzene rings is 1. The monoisotopic (exact) mass is 346 g/mol. The van der Waals surface area contributed by atoms with Gasteiger partial charge in [-0.05, 0) is 43.0 Å². The Balaban J connectivity index is 1.54. The molecule has 134 valence electrons. The van der Waals surface area contributed by atoms with Crippen LogP contribution in [0.15, 0.2) is 30.6 Å². The van der Waals surface area contributed by atoms with Crippen molar-refractivity contribution in [3.63, 3.8) is 0 Å². The SMILES string of the molecule is Cc1cnn(CC(=O)NCc2ccc(N3CCC(O)CC3)c(F)c2)c1. The van der Waals surface area contributed by atoms with Gasteiger partial charge in [-0.1, -0.05) is 6.07 Å². The smallest absolute Gasteiger partial charge is 0.241 e. The van der Waals surface area contributed by atoms with E-state index in [9.17, 15) is 14.3 Å². The molecule has 1 aliphatic heterocycles. The normalized spacial score (nSPS) is 15.4. The number of aryl methyl sites for hydroxylation is 1. The summed E-state index contributed by atoms with van der Waals surface area (Å²) >= 11 is 0. The Labute approximate surface area is 146 Å². The lowest BCUT2D eigenvalue weighted by Gasteiger charge is -2.31. The van der Waals surface area contributed by atoms with Gasteiger partial charge < -0.3 is 15.3 Å². The zero-order chi connectivity index (χ0) is 17.8. The maximum Gasteiger partial charge on any atom is 0.241 e. The minimum absolute atomic E-state index is 0.143. The van der Waals surface area contributed by atoms with Crippen LogP contribution in [-0.2, 0) is 17.9 Å². The Morgan fingerprint density at radius 1 is 1.40 bits per heavy atom. The molecule has 2 aromatic rings. The third-order valence-corrected chi connectivity index (χ3v) is 4.37. The van der Waals surface area contributed by atoms with Crippen LogP contribution >= 0.6 is 0 Å². The molecule has 1 amide bonds. The molecule has 25 heavy (non-hydrogen) atoms. The fraction of sp³-hybridized carbons (Fsp3) is 0.444. The Hall–Kier alpha value is -2.41. The molecular formula is C18H23FN4O2. The number of carbonyl (C=O) groups excluding carboxylic acids is 1. The number of nitrogens with one attached hydrogen (secondary N) is 1. The number of aromatic nitrogens is 2. The number of nitrogens with zero attached hydrogens (tertiary/aromatic N) is 3. The van der Waals surface area contributed by atoms with Crippen molar-refractivity contribution in [1.82, 2.24) is 15.1 Å². The van der Waals surface area contributed by atoms with Crippen molar-refractivity contribution in [3.05, 3.63) is 47.5 Å². The van der Waals surface area contributed by atoms with Crippen LogP contribution in [-0.4, -0.2) is 40.0 Å². The van der Waals surface area contributed by atoms with E-state index in [0.717, 1.165) is 5.56 Å². The first-order valence-electron chi connectivity index (χ1n) is 8.48. The van der Waals surface area contributed by atoms with E-state index in [1.165, 1.54) is 6.07 Å². The van der Waals surface area contributed by atoms with Crippen molar-refractivity contribution in [2.24, 2.45) is 0 Å². The fourth-order valence-corrected chi connectivity index (χ4v) is 2.98. The van der Waals surface area contributed by atoms with Gasteiger partial charge in [-0.25, -0.2) is 4.39 Å². The third-order valence-electron chi connectivity index (χ3n) is 4.37. The Kier molecular flexibility index (Phi) is 5.33. The molecule has 7 heteroatoms. The molecule has 0 bridgehead atoms. The molecule has 1 aromatic heterocycles. The van der Waals surface area contributed by atoms with Gasteiger partial charge in [0.05, 0.1) is 18.0 Å². The highest BCUT2D eigenvalue weighted by atomic mass is 19.1. The third kappa shape index (κ3) is 4.57. The molecule has 1 aromatic carbocycles. The molecule has 6 nitrogen and oxygen atoms in total. The van der Waals surface area contributed by atoms with Crippen LogP contribution in [0.5, 0.6) is 0 Å². The first-order chi connectivity index (χ1) is 12.0.